The van der Waals surface area contributed by atoms with Crippen molar-refractivity contribution in [2.24, 2.45) is 0 Å². The second kappa shape index (κ2) is 8.57. The fourth-order valence-corrected chi connectivity index (χ4v) is 1.68. The second-order valence-corrected chi connectivity index (χ2v) is 4.78. The van der Waals surface area contributed by atoms with E-state index in [-0.39, 0.29) is 18.1 Å². The monoisotopic (exact) mass is 229 g/mol. The molecule has 1 unspecified atom stereocenters. The molecule has 0 fully saturated rings. The molecule has 0 aliphatic rings. The van der Waals surface area contributed by atoms with Crippen molar-refractivity contribution in [2.45, 2.75) is 71.9 Å². The largest absolute Gasteiger partial charge is 0.393 e. The highest BCUT2D eigenvalue weighted by atomic mass is 16.3. The normalized spacial score (nSPS) is 12.9. The van der Waals surface area contributed by atoms with Gasteiger partial charge in [-0.15, -0.1) is 0 Å². The van der Waals surface area contributed by atoms with Crippen LogP contribution in [0.1, 0.15) is 59.8 Å². The summed E-state index contributed by atoms with van der Waals surface area (Å²) in [4.78, 5) is 13.8. The van der Waals surface area contributed by atoms with Crippen LogP contribution in [0.3, 0.4) is 0 Å². The molecule has 0 aliphatic heterocycles. The van der Waals surface area contributed by atoms with Gasteiger partial charge >= 0.3 is 0 Å². The quantitative estimate of drug-likeness (QED) is 0.650. The van der Waals surface area contributed by atoms with Crippen LogP contribution in [0.2, 0.25) is 0 Å². The summed E-state index contributed by atoms with van der Waals surface area (Å²) >= 11 is 0. The molecule has 0 heterocycles. The van der Waals surface area contributed by atoms with Crippen molar-refractivity contribution in [3.05, 3.63) is 0 Å². The van der Waals surface area contributed by atoms with Crippen LogP contribution in [0.15, 0.2) is 0 Å². The Bertz CT molecular complexity index is 190. The summed E-state index contributed by atoms with van der Waals surface area (Å²) in [6.07, 6.45) is 4.07. The van der Waals surface area contributed by atoms with E-state index in [1.807, 2.05) is 18.7 Å². The summed E-state index contributed by atoms with van der Waals surface area (Å²) in [5.74, 6) is 0.173. The average molecular weight is 229 g/mol. The van der Waals surface area contributed by atoms with E-state index < -0.39 is 0 Å². The van der Waals surface area contributed by atoms with Gasteiger partial charge in [0, 0.05) is 19.0 Å². The first kappa shape index (κ1) is 15.4. The van der Waals surface area contributed by atoms with E-state index in [0.717, 1.165) is 13.0 Å². The predicted octanol–water partition coefficient (Wildman–Crippen LogP) is 2.57. The van der Waals surface area contributed by atoms with Gasteiger partial charge in [-0.1, -0.05) is 19.8 Å². The van der Waals surface area contributed by atoms with Gasteiger partial charge in [0.25, 0.3) is 0 Å². The number of aliphatic hydroxyl groups is 1. The van der Waals surface area contributed by atoms with Crippen molar-refractivity contribution >= 4 is 5.91 Å². The van der Waals surface area contributed by atoms with E-state index in [1.54, 1.807) is 6.92 Å². The number of carbonyl (C=O) groups is 1. The summed E-state index contributed by atoms with van der Waals surface area (Å²) in [6, 6.07) is 0.262. The molecule has 0 aromatic rings. The maximum Gasteiger partial charge on any atom is 0.222 e. The Morgan fingerprint density at radius 2 is 1.88 bits per heavy atom. The fourth-order valence-electron chi connectivity index (χ4n) is 1.68. The van der Waals surface area contributed by atoms with Crippen LogP contribution in [-0.4, -0.2) is 34.6 Å². The number of unbranched alkanes of at least 4 members (excludes halogenated alkanes) is 2. The Morgan fingerprint density at radius 1 is 1.25 bits per heavy atom. The van der Waals surface area contributed by atoms with E-state index in [2.05, 4.69) is 6.92 Å². The summed E-state index contributed by atoms with van der Waals surface area (Å²) in [5.41, 5.74) is 0. The lowest BCUT2D eigenvalue weighted by Crippen LogP contribution is -2.37. The molecule has 0 aliphatic carbocycles. The molecule has 0 radical (unpaired) electrons. The van der Waals surface area contributed by atoms with Gasteiger partial charge in [0.15, 0.2) is 0 Å². The number of aliphatic hydroxyl groups excluding tert-OH is 1. The number of rotatable bonds is 8. The molecule has 3 nitrogen and oxygen atoms in total. The highest BCUT2D eigenvalue weighted by Crippen LogP contribution is 2.08. The van der Waals surface area contributed by atoms with Crippen LogP contribution in [0.4, 0.5) is 0 Å². The number of hydrogen-bond donors (Lipinski definition) is 1. The zero-order chi connectivity index (χ0) is 12.6. The molecule has 0 rings (SSSR count). The minimum absolute atomic E-state index is 0.173. The van der Waals surface area contributed by atoms with Crippen LogP contribution < -0.4 is 0 Å². The minimum Gasteiger partial charge on any atom is -0.393 e. The van der Waals surface area contributed by atoms with E-state index in [0.29, 0.717) is 12.8 Å². The minimum atomic E-state index is -0.381. The summed E-state index contributed by atoms with van der Waals surface area (Å²) in [5, 5.41) is 9.17. The lowest BCUT2D eigenvalue weighted by molar-refractivity contribution is -0.133. The van der Waals surface area contributed by atoms with Gasteiger partial charge < -0.3 is 10.0 Å². The van der Waals surface area contributed by atoms with Crippen LogP contribution in [0, 0.1) is 0 Å². The van der Waals surface area contributed by atoms with Gasteiger partial charge in [-0.05, 0) is 33.6 Å². The molecule has 0 aromatic carbocycles. The van der Waals surface area contributed by atoms with Gasteiger partial charge in [0.05, 0.1) is 6.10 Å². The molecule has 1 amide bonds. The molecular weight excluding hydrogens is 202 g/mol. The number of amides is 1. The van der Waals surface area contributed by atoms with Crippen molar-refractivity contribution in [3.8, 4) is 0 Å². The Labute approximate surface area is 99.8 Å². The lowest BCUT2D eigenvalue weighted by atomic mass is 10.1. The Kier molecular flexibility index (Phi) is 8.26. The SMILES string of the molecule is CCCCCN(C(=O)CCC(C)O)C(C)C. The standard InChI is InChI=1S/C13H27NO2/c1-5-6-7-10-14(11(2)3)13(16)9-8-12(4)15/h11-12,15H,5-10H2,1-4H3. The molecule has 0 saturated carbocycles. The maximum absolute atomic E-state index is 11.9. The molecule has 0 aromatic heterocycles. The van der Waals surface area contributed by atoms with Gasteiger partial charge in [-0.25, -0.2) is 0 Å². The number of hydrogen-bond acceptors (Lipinski definition) is 2. The first-order valence-electron chi connectivity index (χ1n) is 6.46. The summed E-state index contributed by atoms with van der Waals surface area (Å²) < 4.78 is 0. The highest BCUT2D eigenvalue weighted by Gasteiger charge is 2.16. The fraction of sp³-hybridized carbons (Fsp3) is 0.923. The van der Waals surface area contributed by atoms with Crippen LogP contribution in [-0.2, 0) is 4.79 Å². The van der Waals surface area contributed by atoms with Gasteiger partial charge in [0.2, 0.25) is 5.91 Å². The van der Waals surface area contributed by atoms with Crippen molar-refractivity contribution in [3.63, 3.8) is 0 Å². The maximum atomic E-state index is 11.9. The van der Waals surface area contributed by atoms with Crippen LogP contribution in [0.5, 0.6) is 0 Å². The van der Waals surface area contributed by atoms with Gasteiger partial charge in [-0.3, -0.25) is 4.79 Å². The van der Waals surface area contributed by atoms with E-state index in [1.165, 1.54) is 12.8 Å². The third-order valence-corrected chi connectivity index (χ3v) is 2.72. The molecule has 1 N–H and O–H groups in total. The molecule has 1 atom stereocenters. The van der Waals surface area contributed by atoms with Crippen LogP contribution >= 0.6 is 0 Å². The number of carbonyl (C=O) groups excluding carboxylic acids is 1. The molecule has 0 saturated heterocycles. The second-order valence-electron chi connectivity index (χ2n) is 4.78. The Hall–Kier alpha value is -0.570. The molecular formula is C13H27NO2. The van der Waals surface area contributed by atoms with E-state index in [9.17, 15) is 4.79 Å². The first-order valence-corrected chi connectivity index (χ1v) is 6.46. The molecule has 0 bridgehead atoms. The molecule has 0 spiro atoms. The van der Waals surface area contributed by atoms with E-state index >= 15 is 0 Å². The van der Waals surface area contributed by atoms with Gasteiger partial charge in [-0.2, -0.15) is 0 Å². The third-order valence-electron chi connectivity index (χ3n) is 2.72. The predicted molar refractivity (Wildman–Crippen MR) is 67.3 cm³/mol. The molecule has 16 heavy (non-hydrogen) atoms. The first-order chi connectivity index (χ1) is 7.49. The summed E-state index contributed by atoms with van der Waals surface area (Å²) in [7, 11) is 0. The van der Waals surface area contributed by atoms with Crippen molar-refractivity contribution in [1.29, 1.82) is 0 Å². The number of nitrogens with zero attached hydrogens (tertiary/aromatic N) is 1. The Balaban J connectivity index is 4.03. The zero-order valence-corrected chi connectivity index (χ0v) is 11.2. The Morgan fingerprint density at radius 3 is 2.31 bits per heavy atom. The highest BCUT2D eigenvalue weighted by molar-refractivity contribution is 5.76. The zero-order valence-electron chi connectivity index (χ0n) is 11.2. The van der Waals surface area contributed by atoms with Crippen molar-refractivity contribution < 1.29 is 9.90 Å². The molecule has 3 heteroatoms. The van der Waals surface area contributed by atoms with E-state index in [4.69, 9.17) is 5.11 Å². The average Bonchev–Trinajstić information content (AvgIpc) is 2.20. The van der Waals surface area contributed by atoms with Crippen molar-refractivity contribution in [1.82, 2.24) is 4.90 Å². The lowest BCUT2D eigenvalue weighted by Gasteiger charge is -2.27. The smallest absolute Gasteiger partial charge is 0.222 e. The molecule has 96 valence electrons. The van der Waals surface area contributed by atoms with Crippen LogP contribution in [0.25, 0.3) is 0 Å². The van der Waals surface area contributed by atoms with Crippen molar-refractivity contribution in [2.75, 3.05) is 6.54 Å². The van der Waals surface area contributed by atoms with Gasteiger partial charge in [0.1, 0.15) is 0 Å². The third kappa shape index (κ3) is 6.83. The summed E-state index contributed by atoms with van der Waals surface area (Å²) in [6.45, 7) is 8.83. The topological polar surface area (TPSA) is 40.5 Å².